The maximum Gasteiger partial charge on any atom is 0.431 e. The zero-order chi connectivity index (χ0) is 18.9. The summed E-state index contributed by atoms with van der Waals surface area (Å²) in [6.45, 7) is 0. The van der Waals surface area contributed by atoms with Crippen LogP contribution in [0.15, 0.2) is 53.0 Å². The molecule has 0 spiro atoms. The Bertz CT molecular complexity index is 926. The van der Waals surface area contributed by atoms with Crippen molar-refractivity contribution in [3.05, 3.63) is 69.1 Å². The van der Waals surface area contributed by atoms with Gasteiger partial charge in [-0.2, -0.15) is 18.4 Å². The molecule has 0 saturated carbocycles. The number of nitrogens with one attached hydrogen (secondary N) is 2. The van der Waals surface area contributed by atoms with Crippen molar-refractivity contribution in [2.24, 2.45) is 0 Å². The van der Waals surface area contributed by atoms with E-state index < -0.39 is 35.3 Å². The number of benzene rings is 1. The molecule has 1 aromatic heterocycles. The molecule has 1 unspecified atom stereocenters. The SMILES string of the molecule is N#Cc1ccc(C2NC(=O)NC(C(F)(F)F)=C2C(=O)c2cccs2)cc1. The number of nitrogens with zero attached hydrogens (tertiary/aromatic N) is 1. The van der Waals surface area contributed by atoms with Crippen molar-refractivity contribution in [1.29, 1.82) is 5.26 Å². The van der Waals surface area contributed by atoms with Gasteiger partial charge in [-0.05, 0) is 29.1 Å². The van der Waals surface area contributed by atoms with Gasteiger partial charge in [0, 0.05) is 0 Å². The average molecular weight is 377 g/mol. The van der Waals surface area contributed by atoms with E-state index in [1.54, 1.807) is 16.8 Å². The number of hydrogen-bond donors (Lipinski definition) is 2. The lowest BCUT2D eigenvalue weighted by Crippen LogP contribution is -2.49. The predicted octanol–water partition coefficient (Wildman–Crippen LogP) is 3.67. The first-order chi connectivity index (χ1) is 12.3. The molecule has 0 aliphatic carbocycles. The van der Waals surface area contributed by atoms with Crippen LogP contribution in [0.2, 0.25) is 0 Å². The molecule has 2 heterocycles. The molecule has 2 aromatic rings. The van der Waals surface area contributed by atoms with Crippen LogP contribution in [0.5, 0.6) is 0 Å². The molecule has 0 bridgehead atoms. The summed E-state index contributed by atoms with van der Waals surface area (Å²) in [6, 6.07) is 8.15. The van der Waals surface area contributed by atoms with E-state index in [9.17, 15) is 22.8 Å². The molecule has 2 N–H and O–H groups in total. The number of urea groups is 1. The number of halogens is 3. The van der Waals surface area contributed by atoms with Crippen molar-refractivity contribution in [2.45, 2.75) is 12.2 Å². The molecule has 132 valence electrons. The first kappa shape index (κ1) is 17.7. The number of Topliss-reactive ketones (excluding diaryl/α,β-unsaturated/α-hetero) is 1. The lowest BCUT2D eigenvalue weighted by atomic mass is 9.91. The Balaban J connectivity index is 2.17. The fraction of sp³-hybridized carbons (Fsp3) is 0.118. The van der Waals surface area contributed by atoms with E-state index in [0.717, 1.165) is 11.3 Å². The third-order valence-corrected chi connectivity index (χ3v) is 4.59. The van der Waals surface area contributed by atoms with Crippen LogP contribution in [0.1, 0.15) is 26.8 Å². The van der Waals surface area contributed by atoms with E-state index >= 15 is 0 Å². The van der Waals surface area contributed by atoms with E-state index in [2.05, 4.69) is 5.32 Å². The van der Waals surface area contributed by atoms with Gasteiger partial charge in [0.05, 0.1) is 28.1 Å². The summed E-state index contributed by atoms with van der Waals surface area (Å²) in [7, 11) is 0. The molecular weight excluding hydrogens is 367 g/mol. The van der Waals surface area contributed by atoms with E-state index in [4.69, 9.17) is 5.26 Å². The number of carbonyl (C=O) groups is 2. The van der Waals surface area contributed by atoms with Gasteiger partial charge in [-0.15, -0.1) is 11.3 Å². The first-order valence-electron chi connectivity index (χ1n) is 7.28. The summed E-state index contributed by atoms with van der Waals surface area (Å²) in [6.07, 6.45) is -4.91. The highest BCUT2D eigenvalue weighted by Gasteiger charge is 2.45. The molecule has 9 heteroatoms. The number of rotatable bonds is 3. The molecular formula is C17H10F3N3O2S. The monoisotopic (exact) mass is 377 g/mol. The molecule has 0 fully saturated rings. The smallest absolute Gasteiger partial charge is 0.327 e. The lowest BCUT2D eigenvalue weighted by molar-refractivity contribution is -0.0972. The van der Waals surface area contributed by atoms with Crippen molar-refractivity contribution < 1.29 is 22.8 Å². The number of allylic oxidation sites excluding steroid dienone is 1. The van der Waals surface area contributed by atoms with Crippen LogP contribution in [-0.4, -0.2) is 18.0 Å². The fourth-order valence-electron chi connectivity index (χ4n) is 2.57. The second-order valence-corrected chi connectivity index (χ2v) is 6.31. The second-order valence-electron chi connectivity index (χ2n) is 5.36. The summed E-state index contributed by atoms with van der Waals surface area (Å²) >= 11 is 1.01. The van der Waals surface area contributed by atoms with Crippen molar-refractivity contribution in [3.63, 3.8) is 0 Å². The average Bonchev–Trinajstić information content (AvgIpc) is 3.14. The van der Waals surface area contributed by atoms with Gasteiger partial charge < -0.3 is 10.6 Å². The molecule has 1 atom stereocenters. The van der Waals surface area contributed by atoms with Gasteiger partial charge >= 0.3 is 12.2 Å². The Kier molecular flexibility index (Phi) is 4.52. The normalized spacial score (nSPS) is 17.3. The highest BCUT2D eigenvalue weighted by molar-refractivity contribution is 7.12. The van der Waals surface area contributed by atoms with Crippen LogP contribution < -0.4 is 10.6 Å². The number of alkyl halides is 3. The molecule has 0 saturated heterocycles. The van der Waals surface area contributed by atoms with Crippen LogP contribution in [0, 0.1) is 11.3 Å². The minimum absolute atomic E-state index is 0.123. The number of hydrogen-bond acceptors (Lipinski definition) is 4. The summed E-state index contributed by atoms with van der Waals surface area (Å²) in [5.74, 6) is -0.825. The number of thiophene rings is 1. The van der Waals surface area contributed by atoms with E-state index in [1.165, 1.54) is 30.3 Å². The fourth-order valence-corrected chi connectivity index (χ4v) is 3.25. The molecule has 5 nitrogen and oxygen atoms in total. The van der Waals surface area contributed by atoms with Crippen LogP contribution in [-0.2, 0) is 0 Å². The van der Waals surface area contributed by atoms with E-state index in [-0.39, 0.29) is 10.4 Å². The highest BCUT2D eigenvalue weighted by Crippen LogP contribution is 2.37. The zero-order valence-corrected chi connectivity index (χ0v) is 13.7. The van der Waals surface area contributed by atoms with E-state index in [0.29, 0.717) is 5.56 Å². The predicted molar refractivity (Wildman–Crippen MR) is 87.3 cm³/mol. The lowest BCUT2D eigenvalue weighted by Gasteiger charge is -2.30. The molecule has 3 rings (SSSR count). The van der Waals surface area contributed by atoms with Gasteiger partial charge in [-0.3, -0.25) is 4.79 Å². The summed E-state index contributed by atoms with van der Waals surface area (Å²) in [5.41, 5.74) is -1.40. The minimum atomic E-state index is -4.91. The Morgan fingerprint density at radius 2 is 1.88 bits per heavy atom. The third-order valence-electron chi connectivity index (χ3n) is 3.72. The summed E-state index contributed by atoms with van der Waals surface area (Å²) in [5, 5.41) is 14.5. The van der Waals surface area contributed by atoms with Gasteiger partial charge in [0.1, 0.15) is 5.70 Å². The van der Waals surface area contributed by atoms with Crippen LogP contribution in [0.25, 0.3) is 0 Å². The molecule has 0 radical (unpaired) electrons. The van der Waals surface area contributed by atoms with Crippen molar-refractivity contribution in [3.8, 4) is 6.07 Å². The van der Waals surface area contributed by atoms with Gasteiger partial charge in [-0.25, -0.2) is 4.79 Å². The molecule has 1 aromatic carbocycles. The number of carbonyl (C=O) groups excluding carboxylic acids is 2. The van der Waals surface area contributed by atoms with Gasteiger partial charge in [0.15, 0.2) is 0 Å². The Morgan fingerprint density at radius 3 is 2.42 bits per heavy atom. The number of amides is 2. The van der Waals surface area contributed by atoms with Gasteiger partial charge in [0.25, 0.3) is 0 Å². The summed E-state index contributed by atoms with van der Waals surface area (Å²) < 4.78 is 40.4. The van der Waals surface area contributed by atoms with Crippen molar-refractivity contribution >= 4 is 23.2 Å². The highest BCUT2D eigenvalue weighted by atomic mass is 32.1. The first-order valence-corrected chi connectivity index (χ1v) is 8.16. The summed E-state index contributed by atoms with van der Waals surface area (Å²) in [4.78, 5) is 24.6. The maximum absolute atomic E-state index is 13.5. The van der Waals surface area contributed by atoms with Crippen LogP contribution in [0.4, 0.5) is 18.0 Å². The topological polar surface area (TPSA) is 82.0 Å². The Hall–Kier alpha value is -3.12. The zero-order valence-electron chi connectivity index (χ0n) is 12.9. The molecule has 1 aliphatic heterocycles. The quantitative estimate of drug-likeness (QED) is 0.801. The van der Waals surface area contributed by atoms with E-state index in [1.807, 2.05) is 6.07 Å². The third kappa shape index (κ3) is 3.32. The minimum Gasteiger partial charge on any atom is -0.327 e. The van der Waals surface area contributed by atoms with Gasteiger partial charge in [-0.1, -0.05) is 18.2 Å². The Morgan fingerprint density at radius 1 is 1.19 bits per heavy atom. The number of nitriles is 1. The van der Waals surface area contributed by atoms with Gasteiger partial charge in [0.2, 0.25) is 5.78 Å². The van der Waals surface area contributed by atoms with Crippen LogP contribution in [0.3, 0.4) is 0 Å². The van der Waals surface area contributed by atoms with Crippen LogP contribution >= 0.6 is 11.3 Å². The molecule has 2 amide bonds. The Labute approximate surface area is 149 Å². The number of ketones is 1. The molecule has 1 aliphatic rings. The molecule has 26 heavy (non-hydrogen) atoms. The largest absolute Gasteiger partial charge is 0.431 e. The van der Waals surface area contributed by atoms with Crippen molar-refractivity contribution in [1.82, 2.24) is 10.6 Å². The second kappa shape index (κ2) is 6.65. The van der Waals surface area contributed by atoms with Crippen molar-refractivity contribution in [2.75, 3.05) is 0 Å². The maximum atomic E-state index is 13.5. The standard InChI is InChI=1S/C17H10F3N3O2S/c18-17(19,20)15-12(14(24)11-2-1-7-26-11)13(22-16(25)23-15)10-5-3-9(8-21)4-6-10/h1-7,13H,(H2,22,23,25).